The highest BCUT2D eigenvalue weighted by Gasteiger charge is 2.31. The van der Waals surface area contributed by atoms with Gasteiger partial charge in [0.2, 0.25) is 0 Å². The van der Waals surface area contributed by atoms with Crippen molar-refractivity contribution in [1.29, 1.82) is 0 Å². The molecular formula is C50H63ClN4O3. The summed E-state index contributed by atoms with van der Waals surface area (Å²) in [6, 6.07) is 45.5. The highest BCUT2D eigenvalue weighted by Crippen LogP contribution is 2.31. The third kappa shape index (κ3) is 14.5. The van der Waals surface area contributed by atoms with Gasteiger partial charge in [-0.1, -0.05) is 122 Å². The summed E-state index contributed by atoms with van der Waals surface area (Å²) >= 11 is 5.94. The highest BCUT2D eigenvalue weighted by molar-refractivity contribution is 6.18. The quantitative estimate of drug-likeness (QED) is 0.0835. The van der Waals surface area contributed by atoms with Crippen molar-refractivity contribution in [3.8, 4) is 5.75 Å². The average molecular weight is 804 g/mol. The molecule has 8 heteroatoms. The molecule has 308 valence electrons. The van der Waals surface area contributed by atoms with Crippen LogP contribution in [0.15, 0.2) is 146 Å². The molecule has 7 nitrogen and oxygen atoms in total. The van der Waals surface area contributed by atoms with Crippen molar-refractivity contribution in [3.63, 3.8) is 0 Å². The molecule has 1 unspecified atom stereocenters. The van der Waals surface area contributed by atoms with Gasteiger partial charge in [-0.15, -0.1) is 11.6 Å². The van der Waals surface area contributed by atoms with Gasteiger partial charge in [0.25, 0.3) is 0 Å². The van der Waals surface area contributed by atoms with Crippen molar-refractivity contribution in [2.24, 2.45) is 0 Å². The van der Waals surface area contributed by atoms with Gasteiger partial charge in [0.1, 0.15) is 12.4 Å². The van der Waals surface area contributed by atoms with Crippen molar-refractivity contribution in [3.05, 3.63) is 168 Å². The third-order valence-electron chi connectivity index (χ3n) is 11.5. The molecule has 2 fully saturated rings. The largest absolute Gasteiger partial charge is 0.492 e. The number of aliphatic hydroxyl groups is 1. The number of halogens is 1. The van der Waals surface area contributed by atoms with Crippen molar-refractivity contribution in [2.45, 2.75) is 88.7 Å². The summed E-state index contributed by atoms with van der Waals surface area (Å²) in [6.45, 7) is 5.81. The number of nitrogens with zero attached hydrogens (tertiary/aromatic N) is 4. The number of likely N-dealkylation sites (tertiary alicyclic amines) is 2. The SMILES string of the molecule is CC(COc1ccccc1)N(CCCl)Cc1ccccc1.CN1CCC[C@H]1c1cccnc1.CN1[C@@H](CC(=O)c2ccccc2)CCC[C@H]1C[C@H](O)c1ccccc1. The van der Waals surface area contributed by atoms with E-state index in [0.29, 0.717) is 37.0 Å². The number of para-hydroxylation sites is 1. The predicted molar refractivity (Wildman–Crippen MR) is 238 cm³/mol. The highest BCUT2D eigenvalue weighted by atomic mass is 35.5. The van der Waals surface area contributed by atoms with Crippen LogP contribution in [0.5, 0.6) is 5.75 Å². The van der Waals surface area contributed by atoms with Gasteiger partial charge >= 0.3 is 0 Å². The number of alkyl halides is 1. The zero-order chi connectivity index (χ0) is 41.0. The number of aromatic nitrogens is 1. The first kappa shape index (κ1) is 44.7. The van der Waals surface area contributed by atoms with Crippen LogP contribution in [0, 0.1) is 0 Å². The van der Waals surface area contributed by atoms with Crippen LogP contribution in [0.4, 0.5) is 0 Å². The lowest BCUT2D eigenvalue weighted by Crippen LogP contribution is -2.45. The van der Waals surface area contributed by atoms with Crippen LogP contribution in [0.1, 0.15) is 91.1 Å². The Morgan fingerprint density at radius 2 is 1.47 bits per heavy atom. The lowest BCUT2D eigenvalue weighted by atomic mass is 9.88. The van der Waals surface area contributed by atoms with Crippen molar-refractivity contribution in [1.82, 2.24) is 19.7 Å². The Hall–Kier alpha value is -4.37. The summed E-state index contributed by atoms with van der Waals surface area (Å²) in [5.74, 6) is 1.75. The fraction of sp³-hybridized carbons (Fsp3) is 0.400. The van der Waals surface area contributed by atoms with Gasteiger partial charge in [0.15, 0.2) is 5.78 Å². The molecule has 58 heavy (non-hydrogen) atoms. The number of hydrogen-bond acceptors (Lipinski definition) is 7. The Bertz CT molecular complexity index is 1840. The van der Waals surface area contributed by atoms with E-state index >= 15 is 0 Å². The maximum atomic E-state index is 12.5. The van der Waals surface area contributed by atoms with E-state index < -0.39 is 6.10 Å². The van der Waals surface area contributed by atoms with Crippen LogP contribution in [0.3, 0.4) is 0 Å². The number of aliphatic hydroxyl groups excluding tert-OH is 1. The van der Waals surface area contributed by atoms with Crippen LogP contribution in [0.25, 0.3) is 0 Å². The van der Waals surface area contributed by atoms with Crippen molar-refractivity contribution < 1.29 is 14.6 Å². The lowest BCUT2D eigenvalue weighted by molar-refractivity contribution is 0.0549. The van der Waals surface area contributed by atoms with Crippen molar-refractivity contribution >= 4 is 17.4 Å². The normalized spacial score (nSPS) is 19.2. The van der Waals surface area contributed by atoms with E-state index in [-0.39, 0.29) is 11.8 Å². The van der Waals surface area contributed by atoms with Gasteiger partial charge < -0.3 is 9.84 Å². The third-order valence-corrected chi connectivity index (χ3v) is 11.6. The predicted octanol–water partition coefficient (Wildman–Crippen LogP) is 10.3. The lowest BCUT2D eigenvalue weighted by Gasteiger charge is -2.40. The van der Waals surface area contributed by atoms with E-state index in [1.54, 1.807) is 0 Å². The first-order valence-electron chi connectivity index (χ1n) is 21.0. The molecule has 5 aromatic rings. The number of hydrogen-bond donors (Lipinski definition) is 1. The maximum absolute atomic E-state index is 12.5. The number of pyridine rings is 1. The topological polar surface area (TPSA) is 69.1 Å². The molecule has 2 saturated heterocycles. The monoisotopic (exact) mass is 802 g/mol. The molecule has 1 aromatic heterocycles. The molecular weight excluding hydrogens is 740 g/mol. The Balaban J connectivity index is 0.000000175. The average Bonchev–Trinajstić information content (AvgIpc) is 3.71. The summed E-state index contributed by atoms with van der Waals surface area (Å²) in [4.78, 5) is 23.7. The fourth-order valence-electron chi connectivity index (χ4n) is 7.97. The van der Waals surface area contributed by atoms with Gasteiger partial charge in [-0.3, -0.25) is 24.5 Å². The molecule has 1 N–H and O–H groups in total. The molecule has 4 aromatic carbocycles. The molecule has 0 amide bonds. The number of rotatable bonds is 15. The molecule has 2 aliphatic heterocycles. The Kier molecular flexibility index (Phi) is 18.9. The molecule has 2 aliphatic rings. The van der Waals surface area contributed by atoms with E-state index in [4.69, 9.17) is 16.3 Å². The molecule has 0 bridgehead atoms. The van der Waals surface area contributed by atoms with Crippen molar-refractivity contribution in [2.75, 3.05) is 39.7 Å². The second-order valence-electron chi connectivity index (χ2n) is 15.6. The van der Waals surface area contributed by atoms with Crippen LogP contribution in [0.2, 0.25) is 0 Å². The van der Waals surface area contributed by atoms with E-state index in [9.17, 15) is 9.90 Å². The second kappa shape index (κ2) is 24.5. The summed E-state index contributed by atoms with van der Waals surface area (Å²) < 4.78 is 5.85. The van der Waals surface area contributed by atoms with Crippen LogP contribution < -0.4 is 4.74 Å². The summed E-state index contributed by atoms with van der Waals surface area (Å²) in [6.07, 6.45) is 10.5. The van der Waals surface area contributed by atoms with Crippen LogP contribution in [-0.2, 0) is 6.54 Å². The number of carbonyl (C=O) groups excluding carboxylic acids is 1. The van der Waals surface area contributed by atoms with E-state index in [0.717, 1.165) is 55.6 Å². The second-order valence-corrected chi connectivity index (χ2v) is 16.0. The molecule has 7 rings (SSSR count). The Labute approximate surface area is 352 Å². The molecule has 3 heterocycles. The number of Topliss-reactive ketones (excluding diaryl/α,β-unsaturated/α-hetero) is 1. The number of ether oxygens (including phenoxy) is 1. The van der Waals surface area contributed by atoms with Gasteiger partial charge in [-0.2, -0.15) is 0 Å². The smallest absolute Gasteiger partial charge is 0.164 e. The molecule has 0 spiro atoms. The zero-order valence-electron chi connectivity index (χ0n) is 34.7. The minimum absolute atomic E-state index is 0.210. The first-order valence-corrected chi connectivity index (χ1v) is 21.5. The molecule has 5 atom stereocenters. The minimum Gasteiger partial charge on any atom is -0.492 e. The Morgan fingerprint density at radius 3 is 2.09 bits per heavy atom. The molecule has 0 aliphatic carbocycles. The fourth-order valence-corrected chi connectivity index (χ4v) is 8.19. The zero-order valence-corrected chi connectivity index (χ0v) is 35.4. The maximum Gasteiger partial charge on any atom is 0.164 e. The molecule has 0 saturated carbocycles. The van der Waals surface area contributed by atoms with Gasteiger partial charge in [-0.25, -0.2) is 0 Å². The number of ketones is 1. The summed E-state index contributed by atoms with van der Waals surface area (Å²) in [7, 11) is 4.29. The van der Waals surface area contributed by atoms with E-state index in [2.05, 4.69) is 71.0 Å². The minimum atomic E-state index is -0.447. The van der Waals surface area contributed by atoms with Gasteiger partial charge in [0.05, 0.1) is 6.10 Å². The van der Waals surface area contributed by atoms with Crippen LogP contribution >= 0.6 is 11.6 Å². The first-order chi connectivity index (χ1) is 28.3. The van der Waals surface area contributed by atoms with Gasteiger partial charge in [0, 0.05) is 67.5 Å². The standard InChI is InChI=1S/C22H27NO2.C18H22ClNO.C10H14N2/c1-23-19(15-21(24)17-9-4-2-5-10-17)13-8-14-20(23)16-22(25)18-11-6-3-7-12-18;1-16(15-21-18-10-6-3-7-11-18)20(13-12-19)14-17-8-4-2-5-9-17;1-12-7-3-5-10(12)9-4-2-6-11-8-9/h2-7,9-12,19-21,24H,8,13-16H2,1H3;2-11,16H,12-15H2,1H3;2,4,6,8,10H,3,5,7H2,1H3/t19-,20+,21-;;10-/m0.0/s1. The number of carbonyl (C=O) groups is 1. The molecule has 0 radical (unpaired) electrons. The van der Waals surface area contributed by atoms with E-state index in [1.165, 1.54) is 30.5 Å². The number of piperidine rings is 1. The Morgan fingerprint density at radius 1 is 0.828 bits per heavy atom. The summed E-state index contributed by atoms with van der Waals surface area (Å²) in [5, 5.41) is 10.5. The number of benzene rings is 4. The van der Waals surface area contributed by atoms with E-state index in [1.807, 2.05) is 116 Å². The van der Waals surface area contributed by atoms with Gasteiger partial charge in [-0.05, 0) is 94.6 Å². The van der Waals surface area contributed by atoms with Crippen LogP contribution in [-0.4, -0.2) is 88.4 Å². The summed E-state index contributed by atoms with van der Waals surface area (Å²) in [5.41, 5.74) is 4.42.